The van der Waals surface area contributed by atoms with Crippen molar-refractivity contribution in [3.8, 4) is 0 Å². The molecule has 2 aromatic heterocycles. The van der Waals surface area contributed by atoms with Gasteiger partial charge in [-0.25, -0.2) is 4.98 Å². The lowest BCUT2D eigenvalue weighted by Gasteiger charge is -2.04. The van der Waals surface area contributed by atoms with E-state index in [1.54, 1.807) is 12.1 Å². The van der Waals surface area contributed by atoms with Crippen LogP contribution in [0.2, 0.25) is 0 Å². The van der Waals surface area contributed by atoms with Gasteiger partial charge in [-0.15, -0.1) is 0 Å². The van der Waals surface area contributed by atoms with E-state index in [1.165, 1.54) is 12.4 Å². The monoisotopic (exact) mass is 295 g/mol. The first-order valence-electron chi connectivity index (χ1n) is 6.65. The molecule has 7 nitrogen and oxygen atoms in total. The Balaban J connectivity index is 1.57. The fourth-order valence-electron chi connectivity index (χ4n) is 1.95. The first-order valence-corrected chi connectivity index (χ1v) is 6.65. The highest BCUT2D eigenvalue weighted by Gasteiger charge is 2.09. The van der Waals surface area contributed by atoms with Crippen molar-refractivity contribution in [2.75, 3.05) is 11.9 Å². The van der Waals surface area contributed by atoms with E-state index in [-0.39, 0.29) is 18.4 Å². The molecule has 0 fully saturated rings. The lowest BCUT2D eigenvalue weighted by molar-refractivity contribution is -0.115. The van der Waals surface area contributed by atoms with Gasteiger partial charge in [0.2, 0.25) is 11.9 Å². The van der Waals surface area contributed by atoms with Gasteiger partial charge in [0.15, 0.2) is 0 Å². The number of para-hydroxylation sites is 2. The average Bonchev–Trinajstić information content (AvgIpc) is 2.95. The number of fused-ring (bicyclic) bond motifs is 1. The number of rotatable bonds is 4. The fourth-order valence-corrected chi connectivity index (χ4v) is 1.95. The van der Waals surface area contributed by atoms with Gasteiger partial charge in [-0.05, 0) is 24.3 Å². The Bertz CT molecular complexity index is 780. The van der Waals surface area contributed by atoms with E-state index in [4.69, 9.17) is 0 Å². The Kier molecular flexibility index (Phi) is 3.78. The van der Waals surface area contributed by atoms with Crippen molar-refractivity contribution in [2.24, 2.45) is 0 Å². The van der Waals surface area contributed by atoms with E-state index in [2.05, 4.69) is 25.6 Å². The van der Waals surface area contributed by atoms with E-state index in [0.717, 1.165) is 11.0 Å². The minimum atomic E-state index is -0.360. The maximum absolute atomic E-state index is 11.8. The third-order valence-electron chi connectivity index (χ3n) is 3.00. The highest BCUT2D eigenvalue weighted by Crippen LogP contribution is 2.12. The zero-order valence-electron chi connectivity index (χ0n) is 11.5. The standard InChI is InChI=1S/C15H13N5O2/c21-13(9-17-14(22)10-5-7-16-8-6-10)20-15-18-11-3-1-2-4-12(11)19-15/h1-8H,9H2,(H,17,22)(H2,18,19,20,21). The van der Waals surface area contributed by atoms with E-state index in [9.17, 15) is 9.59 Å². The van der Waals surface area contributed by atoms with Gasteiger partial charge in [0.25, 0.3) is 5.91 Å². The van der Waals surface area contributed by atoms with Gasteiger partial charge in [0.1, 0.15) is 0 Å². The van der Waals surface area contributed by atoms with Crippen LogP contribution in [0.3, 0.4) is 0 Å². The molecule has 0 bridgehead atoms. The number of nitrogens with one attached hydrogen (secondary N) is 3. The second-order valence-corrected chi connectivity index (χ2v) is 4.57. The van der Waals surface area contributed by atoms with Crippen molar-refractivity contribution >= 4 is 28.8 Å². The lowest BCUT2D eigenvalue weighted by atomic mass is 10.2. The third kappa shape index (κ3) is 3.09. The third-order valence-corrected chi connectivity index (χ3v) is 3.00. The van der Waals surface area contributed by atoms with Gasteiger partial charge in [-0.3, -0.25) is 19.9 Å². The molecule has 0 aliphatic rings. The molecule has 7 heteroatoms. The van der Waals surface area contributed by atoms with Crippen LogP contribution in [0.5, 0.6) is 0 Å². The number of carbonyl (C=O) groups is 2. The molecular formula is C15H13N5O2. The molecule has 3 rings (SSSR count). The summed E-state index contributed by atoms with van der Waals surface area (Å²) >= 11 is 0. The number of aromatic nitrogens is 3. The zero-order valence-corrected chi connectivity index (χ0v) is 11.5. The average molecular weight is 295 g/mol. The van der Waals surface area contributed by atoms with Crippen LogP contribution in [0.1, 0.15) is 10.4 Å². The Labute approximate surface area is 125 Å². The Morgan fingerprint density at radius 2 is 1.86 bits per heavy atom. The second-order valence-electron chi connectivity index (χ2n) is 4.57. The maximum atomic E-state index is 11.8. The van der Waals surface area contributed by atoms with E-state index < -0.39 is 0 Å². The van der Waals surface area contributed by atoms with Crippen LogP contribution in [0.15, 0.2) is 48.8 Å². The normalized spacial score (nSPS) is 10.4. The van der Waals surface area contributed by atoms with Gasteiger partial charge < -0.3 is 10.3 Å². The fraction of sp³-hybridized carbons (Fsp3) is 0.0667. The molecule has 0 unspecified atom stereocenters. The minimum Gasteiger partial charge on any atom is -0.343 e. The van der Waals surface area contributed by atoms with Crippen LogP contribution in [-0.2, 0) is 4.79 Å². The number of aromatic amines is 1. The molecule has 2 heterocycles. The van der Waals surface area contributed by atoms with Crippen molar-refractivity contribution in [3.05, 3.63) is 54.4 Å². The van der Waals surface area contributed by atoms with Crippen molar-refractivity contribution in [1.82, 2.24) is 20.3 Å². The van der Waals surface area contributed by atoms with Crippen LogP contribution in [-0.4, -0.2) is 33.3 Å². The lowest BCUT2D eigenvalue weighted by Crippen LogP contribution is -2.33. The molecule has 0 radical (unpaired) electrons. The second kappa shape index (κ2) is 6.04. The molecular weight excluding hydrogens is 282 g/mol. The summed E-state index contributed by atoms with van der Waals surface area (Å²) < 4.78 is 0. The number of anilines is 1. The molecule has 0 aliphatic carbocycles. The topological polar surface area (TPSA) is 99.8 Å². The number of benzene rings is 1. The Hall–Kier alpha value is -3.22. The Morgan fingerprint density at radius 1 is 1.09 bits per heavy atom. The predicted octanol–water partition coefficient (Wildman–Crippen LogP) is 1.33. The number of amides is 2. The van der Waals surface area contributed by atoms with Crippen molar-refractivity contribution in [2.45, 2.75) is 0 Å². The molecule has 0 atom stereocenters. The number of carbonyl (C=O) groups excluding carboxylic acids is 2. The molecule has 1 aromatic carbocycles. The van der Waals surface area contributed by atoms with Crippen LogP contribution < -0.4 is 10.6 Å². The number of pyridine rings is 1. The van der Waals surface area contributed by atoms with Crippen LogP contribution in [0.4, 0.5) is 5.95 Å². The molecule has 22 heavy (non-hydrogen) atoms. The SMILES string of the molecule is O=C(CNC(=O)c1ccncc1)Nc1nc2ccccc2[nH]1. The number of nitrogens with zero attached hydrogens (tertiary/aromatic N) is 2. The highest BCUT2D eigenvalue weighted by molar-refractivity contribution is 5.99. The number of imidazole rings is 1. The first-order chi connectivity index (χ1) is 10.7. The van der Waals surface area contributed by atoms with Crippen LogP contribution in [0.25, 0.3) is 11.0 Å². The summed E-state index contributed by atoms with van der Waals surface area (Å²) in [6.07, 6.45) is 3.03. The molecule has 0 saturated carbocycles. The van der Waals surface area contributed by atoms with Gasteiger partial charge in [-0.2, -0.15) is 0 Å². The van der Waals surface area contributed by atoms with Crippen LogP contribution in [0, 0.1) is 0 Å². The molecule has 3 N–H and O–H groups in total. The van der Waals surface area contributed by atoms with Crippen molar-refractivity contribution in [3.63, 3.8) is 0 Å². The van der Waals surface area contributed by atoms with Gasteiger partial charge in [0, 0.05) is 18.0 Å². The van der Waals surface area contributed by atoms with Gasteiger partial charge in [0.05, 0.1) is 17.6 Å². The summed E-state index contributed by atoms with van der Waals surface area (Å²) in [5.41, 5.74) is 2.05. The minimum absolute atomic E-state index is 0.141. The van der Waals surface area contributed by atoms with Gasteiger partial charge >= 0.3 is 0 Å². The van der Waals surface area contributed by atoms with E-state index in [0.29, 0.717) is 11.5 Å². The molecule has 2 amide bonds. The quantitative estimate of drug-likeness (QED) is 0.676. The molecule has 0 spiro atoms. The summed E-state index contributed by atoms with van der Waals surface area (Å²) in [5.74, 6) is -0.340. The molecule has 0 saturated heterocycles. The van der Waals surface area contributed by atoms with Crippen molar-refractivity contribution in [1.29, 1.82) is 0 Å². The predicted molar refractivity (Wildman–Crippen MR) is 81.3 cm³/mol. The van der Waals surface area contributed by atoms with Crippen LogP contribution >= 0.6 is 0 Å². The molecule has 110 valence electrons. The summed E-state index contributed by atoms with van der Waals surface area (Å²) in [4.78, 5) is 34.7. The maximum Gasteiger partial charge on any atom is 0.251 e. The van der Waals surface area contributed by atoms with E-state index >= 15 is 0 Å². The summed E-state index contributed by atoms with van der Waals surface area (Å²) in [5, 5.41) is 5.14. The smallest absolute Gasteiger partial charge is 0.251 e. The number of hydrogen-bond donors (Lipinski definition) is 3. The highest BCUT2D eigenvalue weighted by atomic mass is 16.2. The molecule has 3 aromatic rings. The summed E-state index contributed by atoms with van der Waals surface area (Å²) in [6.45, 7) is -0.141. The van der Waals surface area contributed by atoms with Crippen molar-refractivity contribution < 1.29 is 9.59 Å². The summed E-state index contributed by atoms with van der Waals surface area (Å²) in [7, 11) is 0. The summed E-state index contributed by atoms with van der Waals surface area (Å²) in [6, 6.07) is 10.6. The van der Waals surface area contributed by atoms with Gasteiger partial charge in [-0.1, -0.05) is 12.1 Å². The number of H-pyrrole nitrogens is 1. The zero-order chi connectivity index (χ0) is 15.4. The number of hydrogen-bond acceptors (Lipinski definition) is 4. The largest absolute Gasteiger partial charge is 0.343 e. The first kappa shape index (κ1) is 13.7. The van der Waals surface area contributed by atoms with E-state index in [1.807, 2.05) is 24.3 Å². The molecule has 0 aliphatic heterocycles. The Morgan fingerprint density at radius 3 is 2.64 bits per heavy atom.